The van der Waals surface area contributed by atoms with Crippen LogP contribution in [-0.2, 0) is 0 Å². The van der Waals surface area contributed by atoms with Gasteiger partial charge in [0.1, 0.15) is 5.82 Å². The molecule has 0 saturated carbocycles. The summed E-state index contributed by atoms with van der Waals surface area (Å²) in [5, 5.41) is 3.41. The van der Waals surface area contributed by atoms with E-state index >= 15 is 0 Å². The van der Waals surface area contributed by atoms with Crippen LogP contribution >= 0.6 is 23.2 Å². The van der Waals surface area contributed by atoms with Crippen molar-refractivity contribution in [2.75, 3.05) is 11.1 Å². The van der Waals surface area contributed by atoms with Crippen LogP contribution in [0.4, 0.5) is 11.4 Å². The number of H-pyrrole nitrogens is 1. The van der Waals surface area contributed by atoms with Gasteiger partial charge in [0, 0.05) is 16.9 Å². The first-order chi connectivity index (χ1) is 13.0. The molecule has 5 nitrogen and oxygen atoms in total. The summed E-state index contributed by atoms with van der Waals surface area (Å²) in [7, 11) is 0. The number of nitrogens with two attached hydrogens (primary N) is 1. The van der Waals surface area contributed by atoms with Crippen LogP contribution in [0.1, 0.15) is 10.4 Å². The minimum absolute atomic E-state index is 0.250. The Balaban J connectivity index is 1.57. The third kappa shape index (κ3) is 3.47. The third-order valence-electron chi connectivity index (χ3n) is 4.11. The number of rotatable bonds is 3. The first kappa shape index (κ1) is 17.4. The van der Waals surface area contributed by atoms with Gasteiger partial charge in [0.15, 0.2) is 0 Å². The van der Waals surface area contributed by atoms with E-state index in [-0.39, 0.29) is 11.5 Å². The van der Waals surface area contributed by atoms with Crippen LogP contribution in [0.25, 0.3) is 22.4 Å². The molecule has 0 atom stereocenters. The lowest BCUT2D eigenvalue weighted by Gasteiger charge is -2.08. The molecule has 0 fully saturated rings. The lowest BCUT2D eigenvalue weighted by atomic mass is 10.1. The number of hydrogen-bond donors (Lipinski definition) is 3. The molecule has 27 heavy (non-hydrogen) atoms. The van der Waals surface area contributed by atoms with Gasteiger partial charge in [-0.1, -0.05) is 29.3 Å². The molecule has 4 aromatic rings. The maximum atomic E-state index is 12.4. The number of halogens is 2. The van der Waals surface area contributed by atoms with Gasteiger partial charge in [0.2, 0.25) is 0 Å². The van der Waals surface area contributed by atoms with Crippen molar-refractivity contribution in [3.63, 3.8) is 0 Å². The fourth-order valence-electron chi connectivity index (χ4n) is 2.78. The zero-order valence-electron chi connectivity index (χ0n) is 14.0. The molecule has 4 N–H and O–H groups in total. The summed E-state index contributed by atoms with van der Waals surface area (Å²) in [6, 6.07) is 17.8. The normalized spacial score (nSPS) is 10.9. The molecule has 7 heteroatoms. The van der Waals surface area contributed by atoms with Gasteiger partial charge in [-0.15, -0.1) is 0 Å². The van der Waals surface area contributed by atoms with E-state index in [1.807, 2.05) is 30.3 Å². The lowest BCUT2D eigenvalue weighted by Crippen LogP contribution is -2.13. The number of hydrogen-bond acceptors (Lipinski definition) is 3. The Morgan fingerprint density at radius 2 is 1.70 bits per heavy atom. The first-order valence-corrected chi connectivity index (χ1v) is 8.88. The van der Waals surface area contributed by atoms with E-state index in [0.717, 1.165) is 22.4 Å². The average Bonchev–Trinajstić information content (AvgIpc) is 3.05. The van der Waals surface area contributed by atoms with E-state index in [0.29, 0.717) is 21.4 Å². The Kier molecular flexibility index (Phi) is 4.48. The zero-order chi connectivity index (χ0) is 19.0. The van der Waals surface area contributed by atoms with Crippen molar-refractivity contribution in [2.45, 2.75) is 0 Å². The molecule has 1 amide bonds. The molecule has 0 radical (unpaired) electrons. The Morgan fingerprint density at radius 3 is 2.41 bits per heavy atom. The smallest absolute Gasteiger partial charge is 0.258 e. The van der Waals surface area contributed by atoms with Crippen molar-refractivity contribution in [1.82, 2.24) is 9.97 Å². The zero-order valence-corrected chi connectivity index (χ0v) is 15.5. The Hall–Kier alpha value is -3.02. The number of carbonyl (C=O) groups is 1. The van der Waals surface area contributed by atoms with E-state index in [4.69, 9.17) is 28.9 Å². The monoisotopic (exact) mass is 396 g/mol. The van der Waals surface area contributed by atoms with Crippen molar-refractivity contribution >= 4 is 51.5 Å². The summed E-state index contributed by atoms with van der Waals surface area (Å²) in [5.41, 5.74) is 9.95. The van der Waals surface area contributed by atoms with Gasteiger partial charge in [-0.2, -0.15) is 0 Å². The Bertz CT molecular complexity index is 1130. The number of nitrogens with one attached hydrogen (secondary N) is 2. The highest BCUT2D eigenvalue weighted by molar-refractivity contribution is 6.40. The summed E-state index contributed by atoms with van der Waals surface area (Å²) in [5.74, 6) is 0.361. The second-order valence-electron chi connectivity index (χ2n) is 5.99. The molecule has 1 heterocycles. The largest absolute Gasteiger partial charge is 0.399 e. The number of aromatic nitrogens is 2. The predicted octanol–water partition coefficient (Wildman–Crippen LogP) is 5.37. The summed E-state index contributed by atoms with van der Waals surface area (Å²) in [4.78, 5) is 20.2. The number of carbonyl (C=O) groups excluding carboxylic acids is 1. The van der Waals surface area contributed by atoms with E-state index < -0.39 is 0 Å². The van der Waals surface area contributed by atoms with Gasteiger partial charge < -0.3 is 16.0 Å². The number of aromatic amines is 1. The highest BCUT2D eigenvalue weighted by atomic mass is 35.5. The van der Waals surface area contributed by atoms with Crippen LogP contribution in [0.2, 0.25) is 10.0 Å². The summed E-state index contributed by atoms with van der Waals surface area (Å²) >= 11 is 12.2. The average molecular weight is 397 g/mol. The van der Waals surface area contributed by atoms with Crippen LogP contribution in [-0.4, -0.2) is 15.9 Å². The Labute approximate surface area is 165 Å². The molecule has 3 aromatic carbocycles. The maximum absolute atomic E-state index is 12.4. The molecule has 0 aliphatic heterocycles. The van der Waals surface area contributed by atoms with Crippen molar-refractivity contribution in [1.29, 1.82) is 0 Å². The lowest BCUT2D eigenvalue weighted by molar-refractivity contribution is 0.102. The van der Waals surface area contributed by atoms with Crippen molar-refractivity contribution in [2.24, 2.45) is 0 Å². The summed E-state index contributed by atoms with van der Waals surface area (Å²) < 4.78 is 0. The van der Waals surface area contributed by atoms with Crippen LogP contribution in [0, 0.1) is 0 Å². The molecular formula is C20H14Cl2N4O. The number of anilines is 2. The molecular weight excluding hydrogens is 383 g/mol. The third-order valence-corrected chi connectivity index (χ3v) is 4.74. The van der Waals surface area contributed by atoms with Gasteiger partial charge >= 0.3 is 0 Å². The highest BCUT2D eigenvalue weighted by Crippen LogP contribution is 2.26. The molecule has 1 aromatic heterocycles. The molecule has 0 bridgehead atoms. The molecule has 134 valence electrons. The minimum Gasteiger partial charge on any atom is -0.399 e. The van der Waals surface area contributed by atoms with Crippen molar-refractivity contribution in [3.8, 4) is 11.4 Å². The van der Waals surface area contributed by atoms with Gasteiger partial charge in [-0.25, -0.2) is 4.98 Å². The van der Waals surface area contributed by atoms with E-state index in [2.05, 4.69) is 15.3 Å². The number of fused-ring (bicyclic) bond motifs is 1. The fraction of sp³-hybridized carbons (Fsp3) is 0. The number of imidazole rings is 1. The minimum atomic E-state index is -0.363. The standard InChI is InChI=1S/C20H14Cl2N4O/c21-14-2-1-3-15(22)18(14)20(27)24-13-7-4-11(5-8-13)19-25-16-9-6-12(23)10-17(16)26-19/h1-10H,23H2,(H,24,27)(H,25,26). The van der Waals surface area contributed by atoms with Gasteiger partial charge in [0.25, 0.3) is 5.91 Å². The van der Waals surface area contributed by atoms with Crippen LogP contribution in [0.15, 0.2) is 60.7 Å². The van der Waals surface area contributed by atoms with Gasteiger partial charge in [-0.05, 0) is 54.6 Å². The van der Waals surface area contributed by atoms with Crippen molar-refractivity contribution in [3.05, 3.63) is 76.3 Å². The fourth-order valence-corrected chi connectivity index (χ4v) is 3.35. The van der Waals surface area contributed by atoms with Crippen molar-refractivity contribution < 1.29 is 4.79 Å². The number of amides is 1. The van der Waals surface area contributed by atoms with E-state index in [1.54, 1.807) is 30.3 Å². The first-order valence-electron chi connectivity index (χ1n) is 8.12. The molecule has 0 saturated heterocycles. The highest BCUT2D eigenvalue weighted by Gasteiger charge is 2.15. The second-order valence-corrected chi connectivity index (χ2v) is 6.80. The topological polar surface area (TPSA) is 83.8 Å². The maximum Gasteiger partial charge on any atom is 0.258 e. The van der Waals surface area contributed by atoms with Crippen LogP contribution in [0.3, 0.4) is 0 Å². The number of nitrogens with zero attached hydrogens (tertiary/aromatic N) is 1. The molecule has 0 aliphatic carbocycles. The van der Waals surface area contributed by atoms with E-state index in [9.17, 15) is 4.79 Å². The molecule has 4 rings (SSSR count). The second kappa shape index (κ2) is 6.95. The van der Waals surface area contributed by atoms with Crippen LogP contribution < -0.4 is 11.1 Å². The predicted molar refractivity (Wildman–Crippen MR) is 110 cm³/mol. The molecule has 0 aliphatic rings. The number of benzene rings is 3. The molecule has 0 unspecified atom stereocenters. The Morgan fingerprint density at radius 1 is 1.00 bits per heavy atom. The summed E-state index contributed by atoms with van der Waals surface area (Å²) in [6.45, 7) is 0. The van der Waals surface area contributed by atoms with Gasteiger partial charge in [-0.3, -0.25) is 4.79 Å². The van der Waals surface area contributed by atoms with E-state index in [1.165, 1.54) is 0 Å². The molecule has 0 spiro atoms. The summed E-state index contributed by atoms with van der Waals surface area (Å²) in [6.07, 6.45) is 0. The number of nitrogen functional groups attached to an aromatic ring is 1. The van der Waals surface area contributed by atoms with Gasteiger partial charge in [0.05, 0.1) is 26.6 Å². The SMILES string of the molecule is Nc1ccc2nc(-c3ccc(NC(=O)c4c(Cl)cccc4Cl)cc3)[nH]c2c1. The quantitative estimate of drug-likeness (QED) is 0.407. The van der Waals surface area contributed by atoms with Crippen LogP contribution in [0.5, 0.6) is 0 Å².